The smallest absolute Gasteiger partial charge is 0.280 e. The summed E-state index contributed by atoms with van der Waals surface area (Å²) in [7, 11) is 0. The molecule has 0 unspecified atom stereocenters. The van der Waals surface area contributed by atoms with Crippen molar-refractivity contribution in [2.75, 3.05) is 13.2 Å². The minimum Gasteiger partial charge on any atom is -0.494 e. The lowest BCUT2D eigenvalue weighted by Crippen LogP contribution is -2.27. The summed E-state index contributed by atoms with van der Waals surface area (Å²) in [5.41, 5.74) is 0.382. The Labute approximate surface area is 186 Å². The molecule has 0 fully saturated rings. The van der Waals surface area contributed by atoms with Crippen molar-refractivity contribution in [2.24, 2.45) is 5.92 Å². The molecule has 1 amide bonds. The molecular weight excluding hydrogens is 389 g/mol. The van der Waals surface area contributed by atoms with Gasteiger partial charge in [0.05, 0.1) is 6.61 Å². The Kier molecular flexibility index (Phi) is 10.8. The highest BCUT2D eigenvalue weighted by Gasteiger charge is 2.10. The van der Waals surface area contributed by atoms with Crippen LogP contribution < -0.4 is 10.1 Å². The number of fused-ring (bicyclic) bond motifs is 1. The summed E-state index contributed by atoms with van der Waals surface area (Å²) in [4.78, 5) is 11.7. The molecule has 0 radical (unpaired) electrons. The second kappa shape index (κ2) is 13.6. The van der Waals surface area contributed by atoms with Gasteiger partial charge in [-0.25, -0.2) is 4.39 Å². The molecule has 0 saturated heterocycles. The van der Waals surface area contributed by atoms with Gasteiger partial charge in [-0.05, 0) is 60.6 Å². The zero-order valence-corrected chi connectivity index (χ0v) is 19.1. The van der Waals surface area contributed by atoms with E-state index < -0.39 is 11.7 Å². The van der Waals surface area contributed by atoms with E-state index in [0.717, 1.165) is 50.9 Å². The molecule has 2 aromatic rings. The Bertz CT molecular complexity index is 886. The van der Waals surface area contributed by atoms with E-state index in [4.69, 9.17) is 4.74 Å². The number of hydrogen-bond acceptors (Lipinski definition) is 2. The molecule has 168 valence electrons. The summed E-state index contributed by atoms with van der Waals surface area (Å²) < 4.78 is 19.9. The molecule has 2 aromatic carbocycles. The van der Waals surface area contributed by atoms with Crippen molar-refractivity contribution < 1.29 is 13.9 Å². The van der Waals surface area contributed by atoms with Gasteiger partial charge < -0.3 is 10.1 Å². The third-order valence-electron chi connectivity index (χ3n) is 5.09. The summed E-state index contributed by atoms with van der Waals surface area (Å²) in [6, 6.07) is 14.5. The van der Waals surface area contributed by atoms with Crippen molar-refractivity contribution in [3.8, 4) is 5.75 Å². The molecule has 0 bridgehead atoms. The molecule has 0 aliphatic heterocycles. The van der Waals surface area contributed by atoms with Gasteiger partial charge in [0.15, 0.2) is 5.83 Å². The normalized spacial score (nSPS) is 12.4. The molecule has 0 aromatic heterocycles. The van der Waals surface area contributed by atoms with Gasteiger partial charge in [0.1, 0.15) is 5.75 Å². The Morgan fingerprint density at radius 3 is 2.52 bits per heavy atom. The Balaban J connectivity index is 1.54. The second-order valence-corrected chi connectivity index (χ2v) is 8.42. The van der Waals surface area contributed by atoms with E-state index in [2.05, 4.69) is 29.6 Å². The van der Waals surface area contributed by atoms with Gasteiger partial charge in [0.2, 0.25) is 0 Å². The standard InChI is InChI=1S/C27H36FNO2/c1-21(2)20-29-27(30)26(28)22(3)13-9-7-5-4-6-8-12-18-31-25-17-16-23-14-10-11-15-24(23)19-25/h9-11,13-17,19,21H,4-8,12,18,20H2,1-3H3,(H,29,30)/b13-9+,26-22+. The highest BCUT2D eigenvalue weighted by molar-refractivity contribution is 5.92. The molecule has 2 rings (SSSR count). The third kappa shape index (κ3) is 9.37. The summed E-state index contributed by atoms with van der Waals surface area (Å²) in [6.45, 7) is 6.81. The number of rotatable bonds is 13. The number of unbranched alkanes of at least 4 members (excludes halogenated alkanes) is 5. The lowest BCUT2D eigenvalue weighted by molar-refractivity contribution is -0.119. The van der Waals surface area contributed by atoms with Gasteiger partial charge in [-0.1, -0.05) is 75.6 Å². The molecule has 0 saturated carbocycles. The monoisotopic (exact) mass is 425 g/mol. The molecule has 1 N–H and O–H groups in total. The molecule has 3 nitrogen and oxygen atoms in total. The van der Waals surface area contributed by atoms with Crippen LogP contribution in [-0.4, -0.2) is 19.1 Å². The van der Waals surface area contributed by atoms with Gasteiger partial charge in [0, 0.05) is 6.54 Å². The quantitative estimate of drug-likeness (QED) is 0.211. The van der Waals surface area contributed by atoms with Crippen LogP contribution in [0, 0.1) is 5.92 Å². The summed E-state index contributed by atoms with van der Waals surface area (Å²) >= 11 is 0. The minimum absolute atomic E-state index is 0.304. The van der Waals surface area contributed by atoms with E-state index in [0.29, 0.717) is 18.0 Å². The highest BCUT2D eigenvalue weighted by Crippen LogP contribution is 2.21. The maximum atomic E-state index is 14.0. The minimum atomic E-state index is -0.691. The van der Waals surface area contributed by atoms with Crippen LogP contribution in [0.5, 0.6) is 5.75 Å². The third-order valence-corrected chi connectivity index (χ3v) is 5.09. The predicted molar refractivity (Wildman–Crippen MR) is 128 cm³/mol. The van der Waals surface area contributed by atoms with Gasteiger partial charge in [-0.15, -0.1) is 0 Å². The first-order chi connectivity index (χ1) is 15.0. The Morgan fingerprint density at radius 2 is 1.74 bits per heavy atom. The number of allylic oxidation sites excluding steroid dienone is 3. The second-order valence-electron chi connectivity index (χ2n) is 8.42. The number of ether oxygens (including phenoxy) is 1. The average Bonchev–Trinajstić information content (AvgIpc) is 2.77. The van der Waals surface area contributed by atoms with Gasteiger partial charge in [-0.2, -0.15) is 0 Å². The summed E-state index contributed by atoms with van der Waals surface area (Å²) in [5, 5.41) is 5.03. The number of amides is 1. The van der Waals surface area contributed by atoms with E-state index in [1.165, 1.54) is 10.8 Å². The van der Waals surface area contributed by atoms with E-state index in [1.54, 1.807) is 13.0 Å². The lowest BCUT2D eigenvalue weighted by Gasteiger charge is -2.07. The number of hydrogen-bond donors (Lipinski definition) is 1. The zero-order chi connectivity index (χ0) is 22.5. The fourth-order valence-corrected chi connectivity index (χ4v) is 3.23. The van der Waals surface area contributed by atoms with Crippen LogP contribution >= 0.6 is 0 Å². The van der Waals surface area contributed by atoms with Gasteiger partial charge in [-0.3, -0.25) is 4.79 Å². The van der Waals surface area contributed by atoms with Crippen LogP contribution in [0.4, 0.5) is 4.39 Å². The van der Waals surface area contributed by atoms with E-state index in [-0.39, 0.29) is 0 Å². The highest BCUT2D eigenvalue weighted by atomic mass is 19.1. The first-order valence-electron chi connectivity index (χ1n) is 11.4. The fourth-order valence-electron chi connectivity index (χ4n) is 3.23. The molecule has 31 heavy (non-hydrogen) atoms. The van der Waals surface area contributed by atoms with Gasteiger partial charge in [0.25, 0.3) is 5.91 Å². The molecule has 0 spiro atoms. The predicted octanol–water partition coefficient (Wildman–Crippen LogP) is 7.13. The number of carbonyl (C=O) groups is 1. The van der Waals surface area contributed by atoms with E-state index >= 15 is 0 Å². The molecule has 4 heteroatoms. The summed E-state index contributed by atoms with van der Waals surface area (Å²) in [5.74, 6) is -0.0831. The molecule has 0 aliphatic rings. The average molecular weight is 426 g/mol. The molecular formula is C27H36FNO2. The van der Waals surface area contributed by atoms with Gasteiger partial charge >= 0.3 is 0 Å². The topological polar surface area (TPSA) is 38.3 Å². The maximum Gasteiger partial charge on any atom is 0.280 e. The molecule has 0 aliphatic carbocycles. The number of carbonyl (C=O) groups excluding carboxylic acids is 1. The fraction of sp³-hybridized carbons (Fsp3) is 0.444. The SMILES string of the molecule is CC(/C=C/CCCCCCCOc1ccc2ccccc2c1)=C(\F)C(=O)NCC(C)C. The molecule has 0 atom stereocenters. The summed E-state index contributed by atoms with van der Waals surface area (Å²) in [6.07, 6.45) is 10.1. The number of halogens is 1. The van der Waals surface area contributed by atoms with Crippen molar-refractivity contribution in [3.05, 3.63) is 66.0 Å². The van der Waals surface area contributed by atoms with Crippen molar-refractivity contribution in [1.82, 2.24) is 5.32 Å². The van der Waals surface area contributed by atoms with E-state index in [9.17, 15) is 9.18 Å². The van der Waals surface area contributed by atoms with Crippen LogP contribution in [0.1, 0.15) is 59.3 Å². The first kappa shape index (κ1) is 24.6. The van der Waals surface area contributed by atoms with E-state index in [1.807, 2.05) is 38.1 Å². The van der Waals surface area contributed by atoms with Crippen LogP contribution in [-0.2, 0) is 4.79 Å². The van der Waals surface area contributed by atoms with Crippen molar-refractivity contribution in [1.29, 1.82) is 0 Å². The first-order valence-corrected chi connectivity index (χ1v) is 11.4. The number of benzene rings is 2. The van der Waals surface area contributed by atoms with Crippen molar-refractivity contribution in [2.45, 2.75) is 59.3 Å². The molecule has 0 heterocycles. The Morgan fingerprint density at radius 1 is 1.03 bits per heavy atom. The van der Waals surface area contributed by atoms with Crippen LogP contribution in [0.3, 0.4) is 0 Å². The Hall–Kier alpha value is -2.62. The van der Waals surface area contributed by atoms with Crippen molar-refractivity contribution >= 4 is 16.7 Å². The van der Waals surface area contributed by atoms with Crippen LogP contribution in [0.2, 0.25) is 0 Å². The lowest BCUT2D eigenvalue weighted by atomic mass is 10.1. The largest absolute Gasteiger partial charge is 0.494 e. The number of nitrogens with one attached hydrogen (secondary N) is 1. The maximum absolute atomic E-state index is 14.0. The zero-order valence-electron chi connectivity index (χ0n) is 19.1. The van der Waals surface area contributed by atoms with Crippen molar-refractivity contribution in [3.63, 3.8) is 0 Å². The van der Waals surface area contributed by atoms with Crippen LogP contribution in [0.25, 0.3) is 10.8 Å². The van der Waals surface area contributed by atoms with Crippen LogP contribution in [0.15, 0.2) is 66.0 Å².